The van der Waals surface area contributed by atoms with Gasteiger partial charge in [0, 0.05) is 5.75 Å². The lowest BCUT2D eigenvalue weighted by molar-refractivity contribution is 0.0519. The molecule has 0 amide bonds. The van der Waals surface area contributed by atoms with Gasteiger partial charge in [0.15, 0.2) is 0 Å². The van der Waals surface area contributed by atoms with Crippen LogP contribution in [0.25, 0.3) is 0 Å². The monoisotopic (exact) mass is 240 g/mol. The number of hydrogen-bond acceptors (Lipinski definition) is 3. The zero-order chi connectivity index (χ0) is 10.5. The van der Waals surface area contributed by atoms with Gasteiger partial charge in [-0.15, -0.1) is 11.7 Å². The predicted octanol–water partition coefficient (Wildman–Crippen LogP) is 3.66. The maximum Gasteiger partial charge on any atom is 0.0828 e. The molecule has 1 atom stereocenters. The first-order valence-electron chi connectivity index (χ1n) is 5.37. The summed E-state index contributed by atoms with van der Waals surface area (Å²) in [5.41, 5.74) is 2.86. The van der Waals surface area contributed by atoms with Crippen molar-refractivity contribution in [1.82, 2.24) is 0 Å². The molecule has 0 saturated heterocycles. The molecule has 1 aliphatic rings. The molecule has 15 heavy (non-hydrogen) atoms. The van der Waals surface area contributed by atoms with Gasteiger partial charge in [-0.05, 0) is 30.4 Å². The topological polar surface area (TPSA) is 9.23 Å². The van der Waals surface area contributed by atoms with Gasteiger partial charge in [0.2, 0.25) is 0 Å². The maximum atomic E-state index is 5.88. The van der Waals surface area contributed by atoms with Gasteiger partial charge in [-0.3, -0.25) is 0 Å². The van der Waals surface area contributed by atoms with Crippen molar-refractivity contribution in [2.24, 2.45) is 0 Å². The fourth-order valence-electron chi connectivity index (χ4n) is 2.11. The molecular formula is C12H16OS2. The van der Waals surface area contributed by atoms with Crippen LogP contribution in [-0.2, 0) is 11.2 Å². The van der Waals surface area contributed by atoms with Crippen LogP contribution in [0.1, 0.15) is 30.1 Å². The minimum Gasteiger partial charge on any atom is -0.373 e. The Balaban J connectivity index is 2.02. The summed E-state index contributed by atoms with van der Waals surface area (Å²) in [7, 11) is 1.54. The molecule has 1 aromatic rings. The molecule has 0 aliphatic heterocycles. The molecule has 0 heterocycles. The Labute approximate surface area is 100 Å². The van der Waals surface area contributed by atoms with Crippen molar-refractivity contribution >= 4 is 22.5 Å². The third-order valence-corrected chi connectivity index (χ3v) is 3.71. The Kier molecular flexibility index (Phi) is 4.42. The molecule has 0 radical (unpaired) electrons. The highest BCUT2D eigenvalue weighted by molar-refractivity contribution is 8.68. The van der Waals surface area contributed by atoms with E-state index in [2.05, 4.69) is 35.9 Å². The first kappa shape index (κ1) is 11.4. The standard InChI is InChI=1S/C12H16OS2/c14-15-9-8-13-12-7-3-5-10-4-1-2-6-11(10)12/h1-2,4,6,12,14H,3,5,7-9H2. The zero-order valence-electron chi connectivity index (χ0n) is 8.69. The molecule has 1 aromatic carbocycles. The summed E-state index contributed by atoms with van der Waals surface area (Å²) in [6.07, 6.45) is 3.93. The van der Waals surface area contributed by atoms with E-state index in [4.69, 9.17) is 4.74 Å². The van der Waals surface area contributed by atoms with Crippen molar-refractivity contribution < 1.29 is 4.74 Å². The number of ether oxygens (including phenoxy) is 1. The van der Waals surface area contributed by atoms with Gasteiger partial charge >= 0.3 is 0 Å². The van der Waals surface area contributed by atoms with Gasteiger partial charge in [-0.1, -0.05) is 35.1 Å². The number of rotatable bonds is 4. The third-order valence-electron chi connectivity index (χ3n) is 2.81. The Morgan fingerprint density at radius 3 is 3.13 bits per heavy atom. The normalized spacial score (nSPS) is 19.9. The van der Waals surface area contributed by atoms with E-state index < -0.39 is 0 Å². The average molecular weight is 240 g/mol. The SMILES string of the molecule is SSCCOC1CCCc2ccccc21. The molecule has 1 aliphatic carbocycles. The van der Waals surface area contributed by atoms with Crippen LogP contribution in [0.3, 0.4) is 0 Å². The number of aryl methyl sites for hydroxylation is 1. The molecule has 1 nitrogen and oxygen atoms in total. The number of thiol groups is 1. The van der Waals surface area contributed by atoms with E-state index in [1.165, 1.54) is 24.0 Å². The molecule has 0 aromatic heterocycles. The number of fused-ring (bicyclic) bond motifs is 1. The Morgan fingerprint density at radius 1 is 1.40 bits per heavy atom. The van der Waals surface area contributed by atoms with Crippen molar-refractivity contribution in [3.05, 3.63) is 35.4 Å². The van der Waals surface area contributed by atoms with Crippen molar-refractivity contribution in [1.29, 1.82) is 0 Å². The Hall–Kier alpha value is -0.120. The molecular weight excluding hydrogens is 224 g/mol. The third kappa shape index (κ3) is 2.92. The van der Waals surface area contributed by atoms with Crippen molar-refractivity contribution in [3.63, 3.8) is 0 Å². The lowest BCUT2D eigenvalue weighted by atomic mass is 9.89. The van der Waals surface area contributed by atoms with Gasteiger partial charge in [0.1, 0.15) is 0 Å². The van der Waals surface area contributed by atoms with Crippen LogP contribution in [0, 0.1) is 0 Å². The lowest BCUT2D eigenvalue weighted by Crippen LogP contribution is -2.13. The minimum absolute atomic E-state index is 0.315. The van der Waals surface area contributed by atoms with E-state index in [1.54, 1.807) is 10.8 Å². The first-order valence-corrected chi connectivity index (χ1v) is 7.41. The second kappa shape index (κ2) is 5.83. The fourth-order valence-corrected chi connectivity index (χ4v) is 2.50. The van der Waals surface area contributed by atoms with E-state index in [9.17, 15) is 0 Å². The lowest BCUT2D eigenvalue weighted by Gasteiger charge is -2.25. The van der Waals surface area contributed by atoms with E-state index in [0.29, 0.717) is 6.10 Å². The van der Waals surface area contributed by atoms with Gasteiger partial charge in [-0.2, -0.15) is 0 Å². The van der Waals surface area contributed by atoms with E-state index in [1.807, 2.05) is 0 Å². The van der Waals surface area contributed by atoms with Crippen LogP contribution < -0.4 is 0 Å². The summed E-state index contributed by atoms with van der Waals surface area (Å²) < 4.78 is 5.88. The molecule has 0 fully saturated rings. The molecule has 0 saturated carbocycles. The Bertz CT molecular complexity index is 314. The molecule has 1 unspecified atom stereocenters. The minimum atomic E-state index is 0.315. The largest absolute Gasteiger partial charge is 0.373 e. The second-order valence-corrected chi connectivity index (χ2v) is 5.22. The zero-order valence-corrected chi connectivity index (χ0v) is 10.4. The van der Waals surface area contributed by atoms with Crippen LogP contribution in [-0.4, -0.2) is 12.4 Å². The molecule has 82 valence electrons. The van der Waals surface area contributed by atoms with Crippen LogP contribution in [0.4, 0.5) is 0 Å². The summed E-state index contributed by atoms with van der Waals surface area (Å²) in [4.78, 5) is 0. The van der Waals surface area contributed by atoms with Crippen molar-refractivity contribution in [2.45, 2.75) is 25.4 Å². The van der Waals surface area contributed by atoms with E-state index in [0.717, 1.165) is 18.8 Å². The summed E-state index contributed by atoms with van der Waals surface area (Å²) >= 11 is 4.11. The molecule has 0 spiro atoms. The second-order valence-electron chi connectivity index (χ2n) is 3.78. The van der Waals surface area contributed by atoms with Gasteiger partial charge in [0.25, 0.3) is 0 Å². The number of benzene rings is 1. The Morgan fingerprint density at radius 2 is 2.27 bits per heavy atom. The van der Waals surface area contributed by atoms with Crippen LogP contribution in [0.15, 0.2) is 24.3 Å². The predicted molar refractivity (Wildman–Crippen MR) is 69.5 cm³/mol. The van der Waals surface area contributed by atoms with Crippen molar-refractivity contribution in [2.75, 3.05) is 12.4 Å². The summed E-state index contributed by atoms with van der Waals surface area (Å²) in [6.45, 7) is 0.799. The number of hydrogen-bond donors (Lipinski definition) is 1. The summed E-state index contributed by atoms with van der Waals surface area (Å²) in [6, 6.07) is 8.64. The van der Waals surface area contributed by atoms with Crippen LogP contribution in [0.2, 0.25) is 0 Å². The van der Waals surface area contributed by atoms with Crippen molar-refractivity contribution in [3.8, 4) is 0 Å². The van der Waals surface area contributed by atoms with Crippen LogP contribution >= 0.6 is 22.5 Å². The maximum absolute atomic E-state index is 5.88. The molecule has 0 bridgehead atoms. The van der Waals surface area contributed by atoms with E-state index >= 15 is 0 Å². The highest BCUT2D eigenvalue weighted by atomic mass is 33.1. The molecule has 2 rings (SSSR count). The van der Waals surface area contributed by atoms with Gasteiger partial charge in [-0.25, -0.2) is 0 Å². The smallest absolute Gasteiger partial charge is 0.0828 e. The van der Waals surface area contributed by atoms with Gasteiger partial charge in [0.05, 0.1) is 12.7 Å². The fraction of sp³-hybridized carbons (Fsp3) is 0.500. The molecule has 0 N–H and O–H groups in total. The summed E-state index contributed by atoms with van der Waals surface area (Å²) in [5, 5.41) is 0. The van der Waals surface area contributed by atoms with Gasteiger partial charge < -0.3 is 4.74 Å². The van der Waals surface area contributed by atoms with Crippen LogP contribution in [0.5, 0.6) is 0 Å². The molecule has 3 heteroatoms. The highest BCUT2D eigenvalue weighted by Crippen LogP contribution is 2.32. The summed E-state index contributed by atoms with van der Waals surface area (Å²) in [5.74, 6) is 0.960. The van der Waals surface area contributed by atoms with E-state index in [-0.39, 0.29) is 0 Å². The quantitative estimate of drug-likeness (QED) is 0.488. The highest BCUT2D eigenvalue weighted by Gasteiger charge is 2.19. The average Bonchev–Trinajstić information content (AvgIpc) is 2.30. The first-order chi connectivity index (χ1) is 7.42.